The Morgan fingerprint density at radius 2 is 2.00 bits per heavy atom. The van der Waals surface area contributed by atoms with Crippen molar-refractivity contribution in [1.82, 2.24) is 25.5 Å². The minimum atomic E-state index is -1.98. The van der Waals surface area contributed by atoms with Gasteiger partial charge in [-0.05, 0) is 48.9 Å². The number of cyclic esters (lactones) is 1. The number of esters is 1. The van der Waals surface area contributed by atoms with E-state index in [2.05, 4.69) is 16.0 Å². The highest BCUT2D eigenvalue weighted by Crippen LogP contribution is 2.45. The van der Waals surface area contributed by atoms with Crippen molar-refractivity contribution >= 4 is 28.7 Å². The van der Waals surface area contributed by atoms with E-state index in [1.54, 1.807) is 19.9 Å². The summed E-state index contributed by atoms with van der Waals surface area (Å²) < 4.78 is 27.2. The Kier molecular flexibility index (Phi) is 7.96. The van der Waals surface area contributed by atoms with Crippen LogP contribution < -0.4 is 21.5 Å². The van der Waals surface area contributed by atoms with Gasteiger partial charge in [0.05, 0.1) is 41.6 Å². The largest absolute Gasteiger partial charge is 0.458 e. The molecule has 1 aromatic carbocycles. The lowest BCUT2D eigenvalue weighted by molar-refractivity contribution is -0.172. The Balaban J connectivity index is 1.35. The number of nitrogens with zero attached hydrogens (tertiary/aromatic N) is 2. The van der Waals surface area contributed by atoms with Crippen LogP contribution in [0, 0.1) is 12.7 Å². The van der Waals surface area contributed by atoms with Gasteiger partial charge in [-0.3, -0.25) is 14.4 Å². The Morgan fingerprint density at radius 1 is 1.22 bits per heavy atom. The average Bonchev–Trinajstić information content (AvgIpc) is 3.38. The fourth-order valence-corrected chi connectivity index (χ4v) is 6.57. The summed E-state index contributed by atoms with van der Waals surface area (Å²) >= 11 is 0. The molecule has 0 unspecified atom stereocenters. The van der Waals surface area contributed by atoms with Crippen LogP contribution in [-0.4, -0.2) is 58.4 Å². The third-order valence-corrected chi connectivity index (χ3v) is 8.99. The van der Waals surface area contributed by atoms with Crippen LogP contribution in [0.15, 0.2) is 16.9 Å². The van der Waals surface area contributed by atoms with Gasteiger partial charge in [0.15, 0.2) is 5.60 Å². The van der Waals surface area contributed by atoms with Gasteiger partial charge in [0.25, 0.3) is 5.56 Å². The summed E-state index contributed by atoms with van der Waals surface area (Å²) in [5, 5.41) is 20.6. The van der Waals surface area contributed by atoms with E-state index in [-0.39, 0.29) is 62.5 Å². The normalized spacial score (nSPS) is 19.6. The number of aryl methyl sites for hydroxylation is 1. The summed E-state index contributed by atoms with van der Waals surface area (Å²) in [5.74, 6) is -1.88. The van der Waals surface area contributed by atoms with Crippen molar-refractivity contribution in [2.45, 2.75) is 77.8 Å². The lowest BCUT2D eigenvalue weighted by Gasteiger charge is -2.31. The summed E-state index contributed by atoms with van der Waals surface area (Å²) in [6, 6.07) is 2.64. The molecule has 4 heterocycles. The molecule has 12 nitrogen and oxygen atoms in total. The fourth-order valence-electron chi connectivity index (χ4n) is 6.57. The number of carbonyl (C=O) groups is 3. The van der Waals surface area contributed by atoms with Crippen LogP contribution in [0.1, 0.15) is 73.0 Å². The Morgan fingerprint density at radius 3 is 2.73 bits per heavy atom. The first-order valence-electron chi connectivity index (χ1n) is 15.1. The second-order valence-corrected chi connectivity index (χ2v) is 12.1. The molecule has 3 aromatic rings. The molecule has 2 aliphatic heterocycles. The maximum Gasteiger partial charge on any atom is 0.343 e. The summed E-state index contributed by atoms with van der Waals surface area (Å²) in [7, 11) is 0. The van der Waals surface area contributed by atoms with Crippen molar-refractivity contribution in [2.75, 3.05) is 19.9 Å². The van der Waals surface area contributed by atoms with Gasteiger partial charge in [0, 0.05) is 28.6 Å². The lowest BCUT2D eigenvalue weighted by atomic mass is 9.81. The minimum Gasteiger partial charge on any atom is -0.458 e. The number of hydrogen-bond donors (Lipinski definition) is 4. The number of amides is 2. The quantitative estimate of drug-likeness (QED) is 0.124. The van der Waals surface area contributed by atoms with E-state index in [4.69, 9.17) is 14.5 Å². The van der Waals surface area contributed by atoms with Crippen molar-refractivity contribution in [2.24, 2.45) is 0 Å². The zero-order valence-corrected chi connectivity index (χ0v) is 25.6. The molecule has 0 saturated carbocycles. The molecule has 6 rings (SSSR count). The Bertz CT molecular complexity index is 1820. The van der Waals surface area contributed by atoms with Gasteiger partial charge in [0.2, 0.25) is 11.8 Å². The van der Waals surface area contributed by atoms with Crippen molar-refractivity contribution in [3.05, 3.63) is 61.7 Å². The zero-order chi connectivity index (χ0) is 32.2. The number of nitrogens with one attached hydrogen (secondary N) is 3. The first-order chi connectivity index (χ1) is 21.4. The van der Waals surface area contributed by atoms with Gasteiger partial charge in [-0.15, -0.1) is 0 Å². The number of aromatic nitrogens is 2. The Labute approximate surface area is 258 Å². The standard InChI is InChI=1S/C32H36FN5O7/c1-5-32(43)20-8-24-29-18(11-38(24)30(41)19(20)12-45-31(32)42)28-22(7-6-17-16(4)21(33)9-23(37-29)27(17)28)36-26(40)13-44-14-35-25(39)10-34-15(2)3/h8-9,15,22,34,43H,5-7,10-14H2,1-4H3,(H,35,39)(H,36,40)/t22-,32-/m0/s1. The second-order valence-electron chi connectivity index (χ2n) is 12.1. The molecule has 4 N–H and O–H groups in total. The molecule has 1 aliphatic carbocycles. The van der Waals surface area contributed by atoms with Crippen LogP contribution in [-0.2, 0) is 49.0 Å². The van der Waals surface area contributed by atoms with Crippen molar-refractivity contribution < 1.29 is 33.4 Å². The van der Waals surface area contributed by atoms with E-state index in [1.807, 2.05) is 13.8 Å². The number of rotatable bonds is 9. The number of halogens is 1. The first-order valence-corrected chi connectivity index (χ1v) is 15.1. The third kappa shape index (κ3) is 5.18. The zero-order valence-electron chi connectivity index (χ0n) is 25.6. The van der Waals surface area contributed by atoms with E-state index in [0.29, 0.717) is 40.9 Å². The van der Waals surface area contributed by atoms with Crippen molar-refractivity contribution in [3.8, 4) is 11.4 Å². The third-order valence-electron chi connectivity index (χ3n) is 8.99. The first kappa shape index (κ1) is 30.8. The van der Waals surface area contributed by atoms with Gasteiger partial charge < -0.3 is 35.1 Å². The molecule has 2 aromatic heterocycles. The summed E-state index contributed by atoms with van der Waals surface area (Å²) in [6.07, 6.45) is 0.988. The molecule has 0 saturated heterocycles. The maximum absolute atomic E-state index is 15.1. The predicted molar refractivity (Wildman–Crippen MR) is 161 cm³/mol. The number of carbonyl (C=O) groups excluding carboxylic acids is 3. The number of hydrogen-bond acceptors (Lipinski definition) is 9. The number of pyridine rings is 2. The number of ether oxygens (including phenoxy) is 2. The topological polar surface area (TPSA) is 161 Å². The van der Waals surface area contributed by atoms with Gasteiger partial charge in [-0.1, -0.05) is 20.8 Å². The van der Waals surface area contributed by atoms with Crippen LogP contribution >= 0.6 is 0 Å². The minimum absolute atomic E-state index is 0.00746. The number of fused-ring (bicyclic) bond motifs is 5. The lowest BCUT2D eigenvalue weighted by Crippen LogP contribution is -2.44. The average molecular weight is 622 g/mol. The van der Waals surface area contributed by atoms with Crippen molar-refractivity contribution in [3.63, 3.8) is 0 Å². The van der Waals surface area contributed by atoms with Gasteiger partial charge in [-0.2, -0.15) is 0 Å². The second kappa shape index (κ2) is 11.6. The molecule has 45 heavy (non-hydrogen) atoms. The number of benzene rings is 1. The van der Waals surface area contributed by atoms with E-state index in [0.717, 1.165) is 16.5 Å². The molecule has 0 fully saturated rings. The summed E-state index contributed by atoms with van der Waals surface area (Å²) in [6.45, 7) is 6.79. The number of aliphatic hydroxyl groups is 1. The van der Waals surface area contributed by atoms with E-state index >= 15 is 4.39 Å². The van der Waals surface area contributed by atoms with Gasteiger partial charge in [0.1, 0.15) is 25.8 Å². The molecule has 3 aliphatic rings. The van der Waals surface area contributed by atoms with Crippen LogP contribution in [0.2, 0.25) is 0 Å². The molecule has 13 heteroatoms. The van der Waals surface area contributed by atoms with E-state index in [1.165, 1.54) is 10.6 Å². The van der Waals surface area contributed by atoms with Crippen LogP contribution in [0.25, 0.3) is 22.3 Å². The molecule has 2 atom stereocenters. The highest BCUT2D eigenvalue weighted by molar-refractivity contribution is 5.94. The van der Waals surface area contributed by atoms with Crippen LogP contribution in [0.5, 0.6) is 0 Å². The van der Waals surface area contributed by atoms with Crippen LogP contribution in [0.3, 0.4) is 0 Å². The maximum atomic E-state index is 15.1. The SMILES string of the molecule is CC[C@@]1(O)C(=O)OCc2c1cc1n(c2=O)Cc2c-1nc1cc(F)c(C)c3c1c2[C@@H](NC(=O)COCNC(=O)CNC(C)C)CC3. The molecular formula is C32H36FN5O7. The van der Waals surface area contributed by atoms with E-state index < -0.39 is 34.9 Å². The molecule has 238 valence electrons. The summed E-state index contributed by atoms with van der Waals surface area (Å²) in [4.78, 5) is 56.1. The molecule has 0 radical (unpaired) electrons. The van der Waals surface area contributed by atoms with Gasteiger partial charge in [-0.25, -0.2) is 14.2 Å². The molecule has 0 bridgehead atoms. The summed E-state index contributed by atoms with van der Waals surface area (Å²) in [5.41, 5.74) is 1.98. The highest BCUT2D eigenvalue weighted by Gasteiger charge is 2.46. The molecular weight excluding hydrogens is 585 g/mol. The van der Waals surface area contributed by atoms with Gasteiger partial charge >= 0.3 is 5.97 Å². The smallest absolute Gasteiger partial charge is 0.343 e. The van der Waals surface area contributed by atoms with E-state index in [9.17, 15) is 24.3 Å². The monoisotopic (exact) mass is 621 g/mol. The molecule has 2 amide bonds. The fraction of sp³-hybridized carbons (Fsp3) is 0.469. The van der Waals surface area contributed by atoms with Crippen LogP contribution in [0.4, 0.5) is 4.39 Å². The molecule has 0 spiro atoms. The predicted octanol–water partition coefficient (Wildman–Crippen LogP) is 1.72. The highest BCUT2D eigenvalue weighted by atomic mass is 19.1. The van der Waals surface area contributed by atoms with Crippen molar-refractivity contribution in [1.29, 1.82) is 0 Å². The Hall–Kier alpha value is -4.20.